The van der Waals surface area contributed by atoms with Crippen molar-refractivity contribution >= 4 is 12.1 Å². The van der Waals surface area contributed by atoms with E-state index in [0.29, 0.717) is 6.61 Å². The van der Waals surface area contributed by atoms with E-state index >= 15 is 0 Å². The fraction of sp³-hybridized carbons (Fsp3) is 0.818. The molecule has 0 unspecified atom stereocenters. The van der Waals surface area contributed by atoms with Crippen LogP contribution in [0, 0.1) is 5.92 Å². The van der Waals surface area contributed by atoms with Gasteiger partial charge in [0.15, 0.2) is 0 Å². The predicted octanol–water partition coefficient (Wildman–Crippen LogP) is 1.97. The first-order valence-electron chi connectivity index (χ1n) is 5.82. The number of carbonyl (C=O) groups is 2. The number of hydrogen-bond acceptors (Lipinski definition) is 3. The number of alkyl carbamates (subject to hydrolysis) is 1. The van der Waals surface area contributed by atoms with Gasteiger partial charge in [-0.05, 0) is 25.2 Å². The summed E-state index contributed by atoms with van der Waals surface area (Å²) >= 11 is 0. The summed E-state index contributed by atoms with van der Waals surface area (Å²) < 4.78 is 4.87. The van der Waals surface area contributed by atoms with E-state index in [9.17, 15) is 9.59 Å². The Morgan fingerprint density at radius 1 is 1.25 bits per heavy atom. The molecule has 0 aliphatic carbocycles. The number of nitrogens with one attached hydrogen (secondary N) is 1. The molecule has 3 amide bonds. The van der Waals surface area contributed by atoms with Crippen LogP contribution in [0.2, 0.25) is 0 Å². The van der Waals surface area contributed by atoms with Crippen LogP contribution >= 0.6 is 0 Å². The van der Waals surface area contributed by atoms with E-state index in [2.05, 4.69) is 5.32 Å². The average Bonchev–Trinajstić information content (AvgIpc) is 2.27. The number of piperidine rings is 1. The first kappa shape index (κ1) is 12.8. The summed E-state index contributed by atoms with van der Waals surface area (Å²) in [6.07, 6.45) is 2.52. The molecule has 0 atom stereocenters. The van der Waals surface area contributed by atoms with E-state index < -0.39 is 6.09 Å². The van der Waals surface area contributed by atoms with Crippen molar-refractivity contribution in [2.75, 3.05) is 19.7 Å². The normalized spacial score (nSPS) is 16.1. The highest BCUT2D eigenvalue weighted by atomic mass is 16.5. The van der Waals surface area contributed by atoms with Crippen LogP contribution in [0.3, 0.4) is 0 Å². The van der Waals surface area contributed by atoms with Gasteiger partial charge in [0.2, 0.25) is 0 Å². The van der Waals surface area contributed by atoms with Crippen LogP contribution < -0.4 is 5.32 Å². The number of carbonyl (C=O) groups excluding carboxylic acids is 2. The molecule has 0 aromatic rings. The minimum absolute atomic E-state index is 0.274. The molecule has 1 aliphatic rings. The molecule has 0 aromatic heterocycles. The zero-order chi connectivity index (χ0) is 12.0. The number of ether oxygens (including phenoxy) is 1. The molecule has 0 bridgehead atoms. The molecule has 0 spiro atoms. The van der Waals surface area contributed by atoms with Crippen LogP contribution in [0.4, 0.5) is 9.59 Å². The third kappa shape index (κ3) is 4.51. The van der Waals surface area contributed by atoms with E-state index in [1.54, 1.807) is 4.90 Å². The maximum Gasteiger partial charge on any atom is 0.415 e. The Kier molecular flexibility index (Phi) is 5.08. The fourth-order valence-electron chi connectivity index (χ4n) is 1.54. The maximum atomic E-state index is 11.6. The molecule has 1 rings (SSSR count). The lowest BCUT2D eigenvalue weighted by molar-refractivity contribution is 0.128. The highest BCUT2D eigenvalue weighted by molar-refractivity contribution is 5.90. The molecule has 1 saturated heterocycles. The lowest BCUT2D eigenvalue weighted by atomic mass is 10.1. The number of likely N-dealkylation sites (tertiary alicyclic amines) is 1. The van der Waals surface area contributed by atoms with Crippen LogP contribution in [0.25, 0.3) is 0 Å². The standard InChI is InChI=1S/C11H20N2O3/c1-9(2)8-16-11(15)12-10(14)13-6-4-3-5-7-13/h9H,3-8H2,1-2H3,(H,12,14,15). The topological polar surface area (TPSA) is 58.6 Å². The van der Waals surface area contributed by atoms with Crippen molar-refractivity contribution < 1.29 is 14.3 Å². The van der Waals surface area contributed by atoms with Gasteiger partial charge < -0.3 is 9.64 Å². The number of nitrogens with zero attached hydrogens (tertiary/aromatic N) is 1. The van der Waals surface area contributed by atoms with Crippen molar-refractivity contribution in [3.05, 3.63) is 0 Å². The predicted molar refractivity (Wildman–Crippen MR) is 60.1 cm³/mol. The zero-order valence-corrected chi connectivity index (χ0v) is 9.99. The Hall–Kier alpha value is -1.26. The third-order valence-electron chi connectivity index (χ3n) is 2.40. The van der Waals surface area contributed by atoms with Crippen molar-refractivity contribution in [1.29, 1.82) is 0 Å². The van der Waals surface area contributed by atoms with Gasteiger partial charge in [-0.25, -0.2) is 14.9 Å². The molecule has 92 valence electrons. The molecule has 0 aromatic carbocycles. The monoisotopic (exact) mass is 228 g/mol. The summed E-state index contributed by atoms with van der Waals surface area (Å²) in [6, 6.07) is -0.339. The Morgan fingerprint density at radius 2 is 1.88 bits per heavy atom. The van der Waals surface area contributed by atoms with Crippen LogP contribution in [-0.4, -0.2) is 36.7 Å². The summed E-state index contributed by atoms with van der Waals surface area (Å²) in [6.45, 7) is 5.67. The van der Waals surface area contributed by atoms with Gasteiger partial charge >= 0.3 is 12.1 Å². The Morgan fingerprint density at radius 3 is 2.44 bits per heavy atom. The Labute approximate surface area is 96.1 Å². The Bertz CT molecular complexity index is 248. The minimum Gasteiger partial charge on any atom is -0.449 e. The molecule has 1 N–H and O–H groups in total. The first-order chi connectivity index (χ1) is 7.59. The quantitative estimate of drug-likeness (QED) is 0.786. The van der Waals surface area contributed by atoms with E-state index in [1.165, 1.54) is 0 Å². The smallest absolute Gasteiger partial charge is 0.415 e. The van der Waals surface area contributed by atoms with Crippen molar-refractivity contribution in [1.82, 2.24) is 10.2 Å². The summed E-state index contributed by atoms with van der Waals surface area (Å²) in [4.78, 5) is 24.4. The van der Waals surface area contributed by atoms with E-state index in [-0.39, 0.29) is 11.9 Å². The molecule has 1 fully saturated rings. The van der Waals surface area contributed by atoms with Crippen LogP contribution in [0.1, 0.15) is 33.1 Å². The van der Waals surface area contributed by atoms with Crippen molar-refractivity contribution in [3.63, 3.8) is 0 Å². The second-order valence-electron chi connectivity index (χ2n) is 4.47. The number of rotatable bonds is 2. The summed E-state index contributed by atoms with van der Waals surface area (Å²) in [7, 11) is 0. The summed E-state index contributed by atoms with van der Waals surface area (Å²) in [5, 5.41) is 2.23. The van der Waals surface area contributed by atoms with Crippen LogP contribution in [-0.2, 0) is 4.74 Å². The lowest BCUT2D eigenvalue weighted by Gasteiger charge is -2.26. The van der Waals surface area contributed by atoms with Gasteiger partial charge in [0, 0.05) is 13.1 Å². The molecular formula is C11H20N2O3. The van der Waals surface area contributed by atoms with Gasteiger partial charge in [0.1, 0.15) is 0 Å². The lowest BCUT2D eigenvalue weighted by Crippen LogP contribution is -2.45. The largest absolute Gasteiger partial charge is 0.449 e. The van der Waals surface area contributed by atoms with Gasteiger partial charge in [0.25, 0.3) is 0 Å². The van der Waals surface area contributed by atoms with Crippen LogP contribution in [0.15, 0.2) is 0 Å². The molecular weight excluding hydrogens is 208 g/mol. The summed E-state index contributed by atoms with van der Waals surface area (Å²) in [5.74, 6) is 0.274. The van der Waals surface area contributed by atoms with Gasteiger partial charge in [-0.15, -0.1) is 0 Å². The second kappa shape index (κ2) is 6.35. The number of imide groups is 1. The molecule has 0 saturated carbocycles. The first-order valence-corrected chi connectivity index (χ1v) is 5.82. The Balaban J connectivity index is 2.24. The molecule has 16 heavy (non-hydrogen) atoms. The minimum atomic E-state index is -0.649. The molecule has 5 heteroatoms. The summed E-state index contributed by atoms with van der Waals surface area (Å²) in [5.41, 5.74) is 0. The highest BCUT2D eigenvalue weighted by Crippen LogP contribution is 2.08. The van der Waals surface area contributed by atoms with E-state index in [0.717, 1.165) is 32.4 Å². The van der Waals surface area contributed by atoms with Gasteiger partial charge in [-0.2, -0.15) is 0 Å². The average molecular weight is 228 g/mol. The highest BCUT2D eigenvalue weighted by Gasteiger charge is 2.18. The number of amides is 3. The number of hydrogen-bond donors (Lipinski definition) is 1. The van der Waals surface area contributed by atoms with Gasteiger partial charge in [-0.1, -0.05) is 13.8 Å². The molecule has 0 radical (unpaired) electrons. The fourth-order valence-corrected chi connectivity index (χ4v) is 1.54. The van der Waals surface area contributed by atoms with Crippen LogP contribution in [0.5, 0.6) is 0 Å². The third-order valence-corrected chi connectivity index (χ3v) is 2.40. The zero-order valence-electron chi connectivity index (χ0n) is 9.99. The van der Waals surface area contributed by atoms with Crippen molar-refractivity contribution in [2.45, 2.75) is 33.1 Å². The number of urea groups is 1. The van der Waals surface area contributed by atoms with E-state index in [4.69, 9.17) is 4.74 Å². The van der Waals surface area contributed by atoms with E-state index in [1.807, 2.05) is 13.8 Å². The SMILES string of the molecule is CC(C)COC(=O)NC(=O)N1CCCCC1. The van der Waals surface area contributed by atoms with Crippen molar-refractivity contribution in [3.8, 4) is 0 Å². The maximum absolute atomic E-state index is 11.6. The molecule has 5 nitrogen and oxygen atoms in total. The second-order valence-corrected chi connectivity index (χ2v) is 4.47. The van der Waals surface area contributed by atoms with Gasteiger partial charge in [-0.3, -0.25) is 0 Å². The molecule has 1 aliphatic heterocycles. The van der Waals surface area contributed by atoms with Gasteiger partial charge in [0.05, 0.1) is 6.61 Å². The van der Waals surface area contributed by atoms with Crippen molar-refractivity contribution in [2.24, 2.45) is 5.92 Å². The molecule has 1 heterocycles.